The van der Waals surface area contributed by atoms with Gasteiger partial charge in [0.25, 0.3) is 5.56 Å². The number of aryl methyl sites for hydroxylation is 2. The topological polar surface area (TPSA) is 103 Å². The predicted octanol–water partition coefficient (Wildman–Crippen LogP) is 5.40. The Kier molecular flexibility index (Phi) is 7.65. The first-order valence-electron chi connectivity index (χ1n) is 14.3. The number of hydrogen-bond donors (Lipinski definition) is 1. The summed E-state index contributed by atoms with van der Waals surface area (Å²) in [6, 6.07) is 15.9. The van der Waals surface area contributed by atoms with E-state index in [1.165, 1.54) is 0 Å². The monoisotopic (exact) mass is 550 g/mol. The van der Waals surface area contributed by atoms with Gasteiger partial charge < -0.3 is 4.74 Å². The third-order valence-corrected chi connectivity index (χ3v) is 8.04. The fourth-order valence-corrected chi connectivity index (χ4v) is 5.89. The second-order valence-corrected chi connectivity index (χ2v) is 10.9. The Hall–Kier alpha value is -4.30. The van der Waals surface area contributed by atoms with Gasteiger partial charge in [-0.3, -0.25) is 18.9 Å². The number of rotatable bonds is 9. The number of unbranched alkanes of at least 4 members (excludes halogenated alkanes) is 1. The highest BCUT2D eigenvalue weighted by Crippen LogP contribution is 2.32. The summed E-state index contributed by atoms with van der Waals surface area (Å²) in [5.41, 5.74) is 5.38. The lowest BCUT2D eigenvalue weighted by Gasteiger charge is -2.19. The Labute approximate surface area is 238 Å². The molecule has 3 atom stereocenters. The first kappa shape index (κ1) is 26.9. The molecule has 1 fully saturated rings. The maximum Gasteiger partial charge on any atom is 0.439 e. The number of hydrogen-bond acceptors (Lipinski definition) is 6. The second-order valence-electron chi connectivity index (χ2n) is 10.9. The van der Waals surface area contributed by atoms with Gasteiger partial charge in [0.05, 0.1) is 24.4 Å². The van der Waals surface area contributed by atoms with E-state index in [1.807, 2.05) is 66.1 Å². The molecule has 2 aromatic heterocycles. The van der Waals surface area contributed by atoms with Gasteiger partial charge in [-0.1, -0.05) is 91.3 Å². The van der Waals surface area contributed by atoms with Gasteiger partial charge in [0, 0.05) is 23.5 Å². The van der Waals surface area contributed by atoms with Gasteiger partial charge in [-0.15, -0.1) is 0 Å². The minimum Gasteiger partial charge on any atom is -0.368 e. The van der Waals surface area contributed by atoms with Crippen molar-refractivity contribution in [1.82, 2.24) is 19.7 Å². The molecule has 210 valence electrons. The third kappa shape index (κ3) is 5.65. The summed E-state index contributed by atoms with van der Waals surface area (Å²) in [6.45, 7) is 4.59. The Morgan fingerprint density at radius 2 is 1.80 bits per heavy atom. The summed E-state index contributed by atoms with van der Waals surface area (Å²) in [5.74, 6) is 0.907. The molecule has 1 saturated heterocycles. The Morgan fingerprint density at radius 3 is 2.54 bits per heavy atom. The van der Waals surface area contributed by atoms with E-state index in [0.717, 1.165) is 65.0 Å². The maximum atomic E-state index is 14.0. The average molecular weight is 551 g/mol. The number of nitrogens with zero attached hydrogens (tertiary/aromatic N) is 3. The Balaban J connectivity index is 1.28. The number of fused-ring (bicyclic) bond motifs is 1. The van der Waals surface area contributed by atoms with Crippen molar-refractivity contribution in [2.45, 2.75) is 64.7 Å². The van der Waals surface area contributed by atoms with Crippen molar-refractivity contribution in [3.05, 3.63) is 116 Å². The van der Waals surface area contributed by atoms with Crippen LogP contribution in [0.1, 0.15) is 48.8 Å². The third-order valence-electron chi connectivity index (χ3n) is 8.04. The van der Waals surface area contributed by atoms with Crippen molar-refractivity contribution < 1.29 is 9.26 Å². The molecule has 41 heavy (non-hydrogen) atoms. The molecule has 1 aliphatic heterocycles. The van der Waals surface area contributed by atoms with E-state index in [1.54, 1.807) is 0 Å². The number of aromatic amines is 1. The van der Waals surface area contributed by atoms with Gasteiger partial charge in [-0.05, 0) is 42.9 Å². The van der Waals surface area contributed by atoms with Crippen molar-refractivity contribution in [2.24, 2.45) is 5.92 Å². The minimum absolute atomic E-state index is 0.0241. The van der Waals surface area contributed by atoms with Crippen LogP contribution in [0.3, 0.4) is 0 Å². The largest absolute Gasteiger partial charge is 0.439 e. The Morgan fingerprint density at radius 1 is 1.02 bits per heavy atom. The zero-order valence-electron chi connectivity index (χ0n) is 23.4. The summed E-state index contributed by atoms with van der Waals surface area (Å²) >= 11 is 0. The van der Waals surface area contributed by atoms with E-state index in [-0.39, 0.29) is 17.8 Å². The number of nitrogens with one attached hydrogen (secondary N) is 1. The van der Waals surface area contributed by atoms with Crippen molar-refractivity contribution in [3.63, 3.8) is 0 Å². The highest BCUT2D eigenvalue weighted by molar-refractivity contribution is 5.80. The number of ether oxygens (including phenoxy) is 1. The van der Waals surface area contributed by atoms with Gasteiger partial charge in [0.2, 0.25) is 0 Å². The van der Waals surface area contributed by atoms with E-state index in [4.69, 9.17) is 14.2 Å². The van der Waals surface area contributed by atoms with Crippen molar-refractivity contribution in [1.29, 1.82) is 0 Å². The molecule has 1 aliphatic carbocycles. The van der Waals surface area contributed by atoms with Crippen LogP contribution in [0.4, 0.5) is 0 Å². The zero-order chi connectivity index (χ0) is 28.3. The molecule has 3 unspecified atom stereocenters. The smallest absolute Gasteiger partial charge is 0.368 e. The van der Waals surface area contributed by atoms with Crippen molar-refractivity contribution in [2.75, 3.05) is 0 Å². The molecule has 6 rings (SSSR count). The maximum absolute atomic E-state index is 14.0. The average Bonchev–Trinajstić information content (AvgIpc) is 3.62. The highest BCUT2D eigenvalue weighted by Gasteiger charge is 2.33. The molecule has 2 aliphatic rings. The van der Waals surface area contributed by atoms with Gasteiger partial charge in [-0.25, -0.2) is 9.78 Å². The molecule has 0 spiro atoms. The summed E-state index contributed by atoms with van der Waals surface area (Å²) in [4.78, 5) is 33.1. The predicted molar refractivity (Wildman–Crippen MR) is 158 cm³/mol. The molecule has 0 bridgehead atoms. The molecular weight excluding hydrogens is 516 g/mol. The molecule has 4 aromatic rings. The fraction of sp³-hybridized carbons (Fsp3) is 0.333. The zero-order valence-corrected chi connectivity index (χ0v) is 23.4. The molecular formula is C33H34N4O4. The standard InChI is InChI=1S/C33H34N4O4/c1-3-4-12-29-28(32(38)37(21(2)34-29)20-25-19-24-9-5-8-13-30(24)40-25)18-22-14-16-23(17-15-22)26-10-6-7-11-27(26)31-35-33(39)41-36-31/h5-11,13-17,24-25,30H,3-4,12,18-20H2,1-2H3,(H,35,36,39). The molecule has 3 heterocycles. The number of H-pyrrole nitrogens is 1. The molecule has 0 radical (unpaired) electrons. The summed E-state index contributed by atoms with van der Waals surface area (Å²) in [7, 11) is 0. The van der Waals surface area contributed by atoms with E-state index in [0.29, 0.717) is 24.7 Å². The Bertz CT molecular complexity index is 1690. The van der Waals surface area contributed by atoms with Gasteiger partial charge >= 0.3 is 5.76 Å². The minimum atomic E-state index is -0.590. The van der Waals surface area contributed by atoms with Crippen LogP contribution < -0.4 is 11.3 Å². The van der Waals surface area contributed by atoms with Gasteiger partial charge in [0.15, 0.2) is 5.82 Å². The van der Waals surface area contributed by atoms with Crippen molar-refractivity contribution in [3.8, 4) is 22.5 Å². The SMILES string of the molecule is CCCCc1nc(C)n(CC2CC3C=CC=CC3O2)c(=O)c1Cc1ccc(-c2ccccc2-c2noc(=O)[nH]2)cc1. The molecule has 0 amide bonds. The lowest BCUT2D eigenvalue weighted by atomic mass is 9.95. The van der Waals surface area contributed by atoms with E-state index in [2.05, 4.69) is 35.3 Å². The van der Waals surface area contributed by atoms with Gasteiger partial charge in [0.1, 0.15) is 5.82 Å². The van der Waals surface area contributed by atoms with Crippen LogP contribution in [-0.2, 0) is 24.1 Å². The van der Waals surface area contributed by atoms with Crippen LogP contribution in [0.25, 0.3) is 22.5 Å². The summed E-state index contributed by atoms with van der Waals surface area (Å²) in [5, 5.41) is 3.86. The summed E-state index contributed by atoms with van der Waals surface area (Å²) < 4.78 is 12.8. The first-order valence-corrected chi connectivity index (χ1v) is 14.3. The molecule has 8 nitrogen and oxygen atoms in total. The normalized spacial score (nSPS) is 19.5. The fourth-order valence-electron chi connectivity index (χ4n) is 5.89. The molecule has 2 aromatic carbocycles. The molecule has 8 heteroatoms. The van der Waals surface area contributed by atoms with Crippen LogP contribution in [0.15, 0.2) is 86.9 Å². The number of benzene rings is 2. The molecule has 1 N–H and O–H groups in total. The van der Waals surface area contributed by atoms with Crippen molar-refractivity contribution >= 4 is 0 Å². The number of allylic oxidation sites excluding steroid dienone is 2. The van der Waals surface area contributed by atoms with E-state index < -0.39 is 5.76 Å². The highest BCUT2D eigenvalue weighted by atomic mass is 16.5. The van der Waals surface area contributed by atoms with Crippen LogP contribution in [-0.4, -0.2) is 31.9 Å². The van der Waals surface area contributed by atoms with Gasteiger partial charge in [-0.2, -0.15) is 0 Å². The summed E-state index contributed by atoms with van der Waals surface area (Å²) in [6.07, 6.45) is 12.7. The van der Waals surface area contributed by atoms with Crippen LogP contribution in [0.5, 0.6) is 0 Å². The lowest BCUT2D eigenvalue weighted by Crippen LogP contribution is -2.33. The van der Waals surface area contributed by atoms with Crippen LogP contribution >= 0.6 is 0 Å². The van der Waals surface area contributed by atoms with E-state index in [9.17, 15) is 9.59 Å². The first-order chi connectivity index (χ1) is 20.0. The quantitative estimate of drug-likeness (QED) is 0.300. The van der Waals surface area contributed by atoms with E-state index >= 15 is 0 Å². The lowest BCUT2D eigenvalue weighted by molar-refractivity contribution is 0.0541. The second kappa shape index (κ2) is 11.7. The molecule has 0 saturated carbocycles. The van der Waals surface area contributed by atoms with Crippen LogP contribution in [0.2, 0.25) is 0 Å². The number of aromatic nitrogens is 4. The van der Waals surface area contributed by atoms with Crippen LogP contribution in [0, 0.1) is 12.8 Å².